The number of nitrogens with one attached hydrogen (secondary N) is 2. The van der Waals surface area contributed by atoms with Crippen LogP contribution in [-0.4, -0.2) is 57.1 Å². The largest absolute Gasteiger partial charge is 0.782 e. The van der Waals surface area contributed by atoms with E-state index in [-0.39, 0.29) is 79.0 Å². The van der Waals surface area contributed by atoms with Gasteiger partial charge in [0.2, 0.25) is 0 Å². The molecule has 0 fully saturated rings. The zero-order chi connectivity index (χ0) is 26.9. The van der Waals surface area contributed by atoms with Crippen LogP contribution >= 0.6 is 11.3 Å². The summed E-state index contributed by atoms with van der Waals surface area (Å²) in [4.78, 5) is 14.5. The molecular weight excluding hydrogens is 1090 g/mol. The second-order valence-electron chi connectivity index (χ2n) is 9.01. The SMILES string of the molecule is CN1CC=C(Nc2cccc3c2cc(-c2nnc(CNC(=O)c4ccccc4)s2)n3CC(F)(F)F)C([S-])C1.[Re].[Re].[Re]. The first-order chi connectivity index (χ1) is 18.2. The fourth-order valence-electron chi connectivity index (χ4n) is 4.32. The molecule has 1 atom stereocenters. The van der Waals surface area contributed by atoms with E-state index in [1.165, 1.54) is 4.57 Å². The third kappa shape index (κ3) is 8.83. The van der Waals surface area contributed by atoms with Gasteiger partial charge >= 0.3 is 6.18 Å². The standard InChI is InChI=1S/C26H25F3N6OS2.3Re/c1-34-11-10-19(22(37)14-34)31-18-8-5-9-20-17(18)12-21(35(20)15-26(27,28)29)25-33-32-23(38-25)13-30-24(36)16-6-3-2-4-7-16;;;/h2-10,12,22,31,37H,11,13-15H2,1H3,(H,30,36);;;/p-1. The predicted molar refractivity (Wildman–Crippen MR) is 145 cm³/mol. The van der Waals surface area contributed by atoms with Crippen molar-refractivity contribution in [1.29, 1.82) is 0 Å². The number of benzene rings is 2. The zero-order valence-corrected chi connectivity index (χ0v) is 31.2. The Morgan fingerprint density at radius 1 is 1.10 bits per heavy atom. The van der Waals surface area contributed by atoms with Crippen molar-refractivity contribution < 1.29 is 79.2 Å². The molecule has 4 aromatic rings. The third-order valence-electron chi connectivity index (χ3n) is 6.13. The Hall–Kier alpha value is -1.36. The molecule has 1 aliphatic rings. The van der Waals surface area contributed by atoms with E-state index in [0.717, 1.165) is 23.6 Å². The van der Waals surface area contributed by atoms with Crippen LogP contribution in [0.3, 0.4) is 0 Å². The minimum absolute atomic E-state index is 0. The van der Waals surface area contributed by atoms with E-state index in [0.29, 0.717) is 44.4 Å². The van der Waals surface area contributed by atoms with Gasteiger partial charge in [-0.3, -0.25) is 4.79 Å². The average molecular weight is 1120 g/mol. The van der Waals surface area contributed by atoms with Crippen molar-refractivity contribution in [3.8, 4) is 10.7 Å². The van der Waals surface area contributed by atoms with Gasteiger partial charge < -0.3 is 32.7 Å². The molecule has 15 heteroatoms. The molecule has 0 aliphatic carbocycles. The molecular formula is C26H24F3N6ORe3S2-. The summed E-state index contributed by atoms with van der Waals surface area (Å²) in [6, 6.07) is 15.6. The number of carbonyl (C=O) groups excluding carboxylic acids is 1. The first-order valence-corrected chi connectivity index (χ1v) is 13.1. The molecule has 0 spiro atoms. The van der Waals surface area contributed by atoms with Crippen molar-refractivity contribution in [2.45, 2.75) is 24.5 Å². The normalized spacial score (nSPS) is 15.2. The number of amides is 1. The minimum Gasteiger partial charge on any atom is -0.782 e. The molecule has 0 bridgehead atoms. The monoisotopic (exact) mass is 1120 g/mol. The first-order valence-electron chi connectivity index (χ1n) is 11.8. The predicted octanol–water partition coefficient (Wildman–Crippen LogP) is 4.80. The molecule has 1 aliphatic heterocycles. The van der Waals surface area contributed by atoms with Crippen LogP contribution in [0.1, 0.15) is 15.4 Å². The van der Waals surface area contributed by atoms with Crippen molar-refractivity contribution in [3.05, 3.63) is 76.9 Å². The summed E-state index contributed by atoms with van der Waals surface area (Å²) < 4.78 is 42.1. The number of rotatable bonds is 7. The maximum atomic E-state index is 13.6. The molecule has 2 aromatic heterocycles. The van der Waals surface area contributed by atoms with E-state index >= 15 is 0 Å². The summed E-state index contributed by atoms with van der Waals surface area (Å²) in [6.45, 7) is 0.381. The molecule has 3 heterocycles. The Morgan fingerprint density at radius 2 is 1.83 bits per heavy atom. The zero-order valence-electron chi connectivity index (χ0n) is 21.5. The number of halogens is 3. The Bertz CT molecular complexity index is 1500. The molecule has 2 aromatic carbocycles. The molecule has 2 N–H and O–H groups in total. The van der Waals surface area contributed by atoms with Gasteiger partial charge in [0.05, 0.1) is 17.8 Å². The number of anilines is 1. The molecule has 7 nitrogen and oxygen atoms in total. The second-order valence-corrected chi connectivity index (χ2v) is 10.6. The maximum Gasteiger partial charge on any atom is 0.406 e. The van der Waals surface area contributed by atoms with Crippen molar-refractivity contribution in [2.24, 2.45) is 0 Å². The summed E-state index contributed by atoms with van der Waals surface area (Å²) in [7, 11) is 1.99. The molecule has 0 saturated carbocycles. The summed E-state index contributed by atoms with van der Waals surface area (Å²) in [6.07, 6.45) is -2.43. The summed E-state index contributed by atoms with van der Waals surface area (Å²) >= 11 is 6.73. The van der Waals surface area contributed by atoms with Crippen LogP contribution in [-0.2, 0) is 87.0 Å². The Labute approximate surface area is 286 Å². The molecule has 5 rings (SSSR count). The minimum atomic E-state index is -4.44. The number of nitrogens with zero attached hydrogens (tertiary/aromatic N) is 4. The van der Waals surface area contributed by atoms with Crippen LogP contribution in [0, 0.1) is 0 Å². The van der Waals surface area contributed by atoms with Gasteiger partial charge in [-0.1, -0.05) is 41.7 Å². The number of hydrogen-bond acceptors (Lipinski definition) is 7. The number of alkyl halides is 3. The van der Waals surface area contributed by atoms with Gasteiger partial charge in [0, 0.05) is 84.5 Å². The van der Waals surface area contributed by atoms with Gasteiger partial charge in [0.15, 0.2) is 5.01 Å². The average Bonchev–Trinajstić information content (AvgIpc) is 3.49. The topological polar surface area (TPSA) is 75.1 Å². The number of hydrogen-bond donors (Lipinski definition) is 2. The van der Waals surface area contributed by atoms with E-state index in [1.54, 1.807) is 42.5 Å². The Kier molecular flexibility index (Phi) is 13.4. The van der Waals surface area contributed by atoms with Crippen LogP contribution in [0.25, 0.3) is 21.6 Å². The van der Waals surface area contributed by atoms with E-state index in [4.69, 9.17) is 12.6 Å². The first kappa shape index (κ1) is 35.8. The fraction of sp³-hybridized carbons (Fsp3) is 0.269. The molecule has 3 radical (unpaired) electrons. The van der Waals surface area contributed by atoms with Crippen molar-refractivity contribution in [1.82, 2.24) is 25.0 Å². The van der Waals surface area contributed by atoms with Gasteiger partial charge in [0.1, 0.15) is 11.6 Å². The molecule has 0 saturated heterocycles. The van der Waals surface area contributed by atoms with Gasteiger partial charge in [-0.2, -0.15) is 13.2 Å². The van der Waals surface area contributed by atoms with Crippen LogP contribution < -0.4 is 10.6 Å². The second kappa shape index (κ2) is 15.4. The van der Waals surface area contributed by atoms with Gasteiger partial charge in [-0.25, -0.2) is 0 Å². The molecule has 1 unspecified atom stereocenters. The number of fused-ring (bicyclic) bond motifs is 1. The maximum absolute atomic E-state index is 13.6. The molecule has 1 amide bonds. The van der Waals surface area contributed by atoms with E-state index < -0.39 is 12.7 Å². The summed E-state index contributed by atoms with van der Waals surface area (Å²) in [5.74, 6) is -0.271. The quantitative estimate of drug-likeness (QED) is 0.260. The van der Waals surface area contributed by atoms with Crippen LogP contribution in [0.2, 0.25) is 0 Å². The van der Waals surface area contributed by atoms with Crippen LogP contribution in [0.5, 0.6) is 0 Å². The Balaban J connectivity index is 0.00000196. The van der Waals surface area contributed by atoms with Gasteiger partial charge in [-0.15, -0.1) is 15.4 Å². The summed E-state index contributed by atoms with van der Waals surface area (Å²) in [5, 5.41) is 15.7. The van der Waals surface area contributed by atoms with E-state index in [1.807, 2.05) is 25.3 Å². The summed E-state index contributed by atoms with van der Waals surface area (Å²) in [5.41, 5.74) is 2.77. The molecule has 219 valence electrons. The van der Waals surface area contributed by atoms with Crippen molar-refractivity contribution in [2.75, 3.05) is 25.5 Å². The van der Waals surface area contributed by atoms with E-state index in [9.17, 15) is 18.0 Å². The Morgan fingerprint density at radius 3 is 2.51 bits per heavy atom. The van der Waals surface area contributed by atoms with Crippen LogP contribution in [0.4, 0.5) is 18.9 Å². The van der Waals surface area contributed by atoms with Gasteiger partial charge in [-0.05, 0) is 49.6 Å². The number of likely N-dealkylation sites (N-methyl/N-ethyl adjacent to an activating group) is 1. The van der Waals surface area contributed by atoms with Crippen LogP contribution in [0.15, 0.2) is 66.4 Å². The van der Waals surface area contributed by atoms with Crippen molar-refractivity contribution in [3.63, 3.8) is 0 Å². The van der Waals surface area contributed by atoms with E-state index in [2.05, 4.69) is 25.7 Å². The molecule has 41 heavy (non-hydrogen) atoms. The smallest absolute Gasteiger partial charge is 0.406 e. The fourth-order valence-corrected chi connectivity index (χ4v) is 5.54. The van der Waals surface area contributed by atoms with Gasteiger partial charge in [0.25, 0.3) is 5.91 Å². The third-order valence-corrected chi connectivity index (χ3v) is 7.48. The van der Waals surface area contributed by atoms with Crippen molar-refractivity contribution >= 4 is 46.5 Å². The number of carbonyl (C=O) groups is 1. The number of aromatic nitrogens is 3.